The Morgan fingerprint density at radius 1 is 1.19 bits per heavy atom. The number of rotatable bonds is 3. The lowest BCUT2D eigenvalue weighted by Crippen LogP contribution is -2.17. The summed E-state index contributed by atoms with van der Waals surface area (Å²) in [4.78, 5) is 23.6. The Labute approximate surface area is 149 Å². The van der Waals surface area contributed by atoms with Crippen molar-refractivity contribution in [3.63, 3.8) is 0 Å². The molecule has 0 amide bonds. The van der Waals surface area contributed by atoms with Gasteiger partial charge >= 0.3 is 11.9 Å². The van der Waals surface area contributed by atoms with Gasteiger partial charge in [0.15, 0.2) is 0 Å². The summed E-state index contributed by atoms with van der Waals surface area (Å²) in [5.41, 5.74) is 3.44. The van der Waals surface area contributed by atoms with E-state index in [1.807, 2.05) is 24.3 Å². The minimum absolute atomic E-state index is 0.124. The summed E-state index contributed by atoms with van der Waals surface area (Å²) in [5, 5.41) is 15.7. The predicted octanol–water partition coefficient (Wildman–Crippen LogP) is 2.78. The van der Waals surface area contributed by atoms with Crippen molar-refractivity contribution >= 4 is 23.3 Å². The molecular weight excluding hydrogens is 336 g/mol. The van der Waals surface area contributed by atoms with Crippen molar-refractivity contribution in [2.45, 2.75) is 6.04 Å². The number of fused-ring (bicyclic) bond motifs is 1. The van der Waals surface area contributed by atoms with Crippen molar-refractivity contribution in [2.75, 3.05) is 24.4 Å². The summed E-state index contributed by atoms with van der Waals surface area (Å²) >= 11 is 0. The first-order valence-electron chi connectivity index (χ1n) is 8.02. The van der Waals surface area contributed by atoms with E-state index < -0.39 is 18.0 Å². The third-order valence-corrected chi connectivity index (χ3v) is 4.48. The fourth-order valence-electron chi connectivity index (χ4n) is 3.16. The van der Waals surface area contributed by atoms with Crippen LogP contribution in [0.2, 0.25) is 0 Å². The first kappa shape index (κ1) is 16.0. The van der Waals surface area contributed by atoms with Crippen molar-refractivity contribution in [3.05, 3.63) is 64.9 Å². The maximum absolute atomic E-state index is 12.3. The molecular formula is C19H16N2O5. The summed E-state index contributed by atoms with van der Waals surface area (Å²) in [6.45, 7) is 0.124. The second-order valence-corrected chi connectivity index (χ2v) is 6.01. The van der Waals surface area contributed by atoms with Gasteiger partial charge < -0.3 is 25.2 Å². The standard InChI is InChI=1S/C19H16N2O5/c1-25-12-5-2-10(3-6-12)17-16-15(9-26-19(16)24)20-14-8-11(18(22)23)4-7-13(14)21-17/h2-8,17,20-21H,9H2,1H3,(H,22,23). The Morgan fingerprint density at radius 2 is 1.96 bits per heavy atom. The van der Waals surface area contributed by atoms with Gasteiger partial charge in [-0.1, -0.05) is 12.1 Å². The average Bonchev–Trinajstić information content (AvgIpc) is 2.92. The van der Waals surface area contributed by atoms with Gasteiger partial charge in [0, 0.05) is 0 Å². The molecule has 2 aliphatic rings. The molecule has 7 nitrogen and oxygen atoms in total. The van der Waals surface area contributed by atoms with Crippen LogP contribution < -0.4 is 15.4 Å². The summed E-state index contributed by atoms with van der Waals surface area (Å²) in [6.07, 6.45) is 0. The van der Waals surface area contributed by atoms with Crippen LogP contribution in [0.4, 0.5) is 11.4 Å². The minimum atomic E-state index is -1.02. The van der Waals surface area contributed by atoms with Crippen LogP contribution in [0.15, 0.2) is 53.7 Å². The van der Waals surface area contributed by atoms with E-state index in [1.165, 1.54) is 12.1 Å². The molecule has 1 atom stereocenters. The van der Waals surface area contributed by atoms with Gasteiger partial charge in [-0.25, -0.2) is 9.59 Å². The molecule has 1 unspecified atom stereocenters. The second-order valence-electron chi connectivity index (χ2n) is 6.01. The van der Waals surface area contributed by atoms with Crippen LogP contribution in [0, 0.1) is 0 Å². The molecule has 26 heavy (non-hydrogen) atoms. The van der Waals surface area contributed by atoms with Crippen LogP contribution >= 0.6 is 0 Å². The zero-order valence-electron chi connectivity index (χ0n) is 13.9. The number of methoxy groups -OCH3 is 1. The fourth-order valence-corrected chi connectivity index (χ4v) is 3.16. The van der Waals surface area contributed by atoms with Crippen molar-refractivity contribution in [3.8, 4) is 5.75 Å². The summed E-state index contributed by atoms with van der Waals surface area (Å²) < 4.78 is 10.4. The minimum Gasteiger partial charge on any atom is -0.497 e. The average molecular weight is 352 g/mol. The van der Waals surface area contributed by atoms with E-state index in [0.717, 1.165) is 11.3 Å². The third kappa shape index (κ3) is 2.63. The number of nitrogens with one attached hydrogen (secondary N) is 2. The number of carbonyl (C=O) groups excluding carboxylic acids is 1. The Morgan fingerprint density at radius 3 is 2.65 bits per heavy atom. The van der Waals surface area contributed by atoms with Gasteiger partial charge in [-0.2, -0.15) is 0 Å². The molecule has 0 radical (unpaired) electrons. The predicted molar refractivity (Wildman–Crippen MR) is 94.4 cm³/mol. The van der Waals surface area contributed by atoms with E-state index in [-0.39, 0.29) is 12.2 Å². The molecule has 0 saturated carbocycles. The lowest BCUT2D eigenvalue weighted by atomic mass is 9.97. The maximum Gasteiger partial charge on any atom is 0.338 e. The smallest absolute Gasteiger partial charge is 0.338 e. The topological polar surface area (TPSA) is 96.9 Å². The second kappa shape index (κ2) is 6.11. The highest BCUT2D eigenvalue weighted by atomic mass is 16.5. The Balaban J connectivity index is 1.80. The Bertz CT molecular complexity index is 933. The van der Waals surface area contributed by atoms with Crippen molar-refractivity contribution in [2.24, 2.45) is 0 Å². The van der Waals surface area contributed by atoms with Crippen molar-refractivity contribution in [1.29, 1.82) is 0 Å². The molecule has 2 aromatic carbocycles. The monoisotopic (exact) mass is 352 g/mol. The zero-order chi connectivity index (χ0) is 18.3. The van der Waals surface area contributed by atoms with Crippen LogP contribution in [0.25, 0.3) is 0 Å². The van der Waals surface area contributed by atoms with E-state index >= 15 is 0 Å². The molecule has 2 aromatic rings. The highest BCUT2D eigenvalue weighted by molar-refractivity contribution is 5.97. The zero-order valence-corrected chi connectivity index (χ0v) is 13.9. The molecule has 0 aliphatic carbocycles. The normalized spacial score (nSPS) is 18.0. The number of carbonyl (C=O) groups is 2. The summed E-state index contributed by atoms with van der Waals surface area (Å²) in [7, 11) is 1.59. The number of carboxylic acid groups (broad SMARTS) is 1. The van der Waals surface area contributed by atoms with Crippen molar-refractivity contribution < 1.29 is 24.2 Å². The summed E-state index contributed by atoms with van der Waals surface area (Å²) in [5.74, 6) is -0.694. The maximum atomic E-state index is 12.3. The number of anilines is 2. The van der Waals surface area contributed by atoms with Gasteiger partial charge in [0.05, 0.1) is 41.4 Å². The van der Waals surface area contributed by atoms with Crippen LogP contribution in [0.1, 0.15) is 22.0 Å². The van der Waals surface area contributed by atoms with Gasteiger partial charge in [-0.05, 0) is 35.9 Å². The molecule has 0 aromatic heterocycles. The number of ether oxygens (including phenoxy) is 2. The van der Waals surface area contributed by atoms with Gasteiger partial charge in [-0.15, -0.1) is 0 Å². The lowest BCUT2D eigenvalue weighted by Gasteiger charge is -2.20. The number of carboxylic acids is 1. The molecule has 2 heterocycles. The van der Waals surface area contributed by atoms with E-state index in [1.54, 1.807) is 13.2 Å². The number of hydrogen-bond acceptors (Lipinski definition) is 6. The highest BCUT2D eigenvalue weighted by Gasteiger charge is 2.35. The van der Waals surface area contributed by atoms with Gasteiger partial charge in [0.25, 0.3) is 0 Å². The Hall–Kier alpha value is -3.48. The third-order valence-electron chi connectivity index (χ3n) is 4.48. The first-order chi connectivity index (χ1) is 12.6. The number of esters is 1. The quantitative estimate of drug-likeness (QED) is 0.731. The number of aromatic carboxylic acids is 1. The fraction of sp³-hybridized carbons (Fsp3) is 0.158. The van der Waals surface area contributed by atoms with Crippen LogP contribution in [-0.4, -0.2) is 30.8 Å². The number of cyclic esters (lactones) is 1. The number of hydrogen-bond donors (Lipinski definition) is 3. The van der Waals surface area contributed by atoms with E-state index in [9.17, 15) is 14.7 Å². The molecule has 4 rings (SSSR count). The largest absolute Gasteiger partial charge is 0.497 e. The molecule has 0 fully saturated rings. The molecule has 0 spiro atoms. The highest BCUT2D eigenvalue weighted by Crippen LogP contribution is 2.39. The molecule has 0 saturated heterocycles. The van der Waals surface area contributed by atoms with Crippen molar-refractivity contribution in [1.82, 2.24) is 0 Å². The van der Waals surface area contributed by atoms with Gasteiger partial charge in [0.2, 0.25) is 0 Å². The number of benzene rings is 2. The van der Waals surface area contributed by atoms with Gasteiger partial charge in [0.1, 0.15) is 12.4 Å². The van der Waals surface area contributed by atoms with E-state index in [4.69, 9.17) is 9.47 Å². The Kier molecular flexibility index (Phi) is 3.76. The SMILES string of the molecule is COc1ccc(C2Nc3ccc(C(=O)O)cc3NC3=C2C(=O)OC3)cc1. The lowest BCUT2D eigenvalue weighted by molar-refractivity contribution is -0.136. The molecule has 132 valence electrons. The molecule has 7 heteroatoms. The van der Waals surface area contributed by atoms with E-state index in [2.05, 4.69) is 10.6 Å². The molecule has 0 bridgehead atoms. The molecule has 3 N–H and O–H groups in total. The van der Waals surface area contributed by atoms with Crippen LogP contribution in [0.3, 0.4) is 0 Å². The van der Waals surface area contributed by atoms with Gasteiger partial charge in [-0.3, -0.25) is 0 Å². The van der Waals surface area contributed by atoms with E-state index in [0.29, 0.717) is 22.6 Å². The van der Waals surface area contributed by atoms with Crippen LogP contribution in [-0.2, 0) is 9.53 Å². The first-order valence-corrected chi connectivity index (χ1v) is 8.02. The van der Waals surface area contributed by atoms with Crippen LogP contribution in [0.5, 0.6) is 5.75 Å². The summed E-state index contributed by atoms with van der Waals surface area (Å²) in [6, 6.07) is 11.7. The molecule has 2 aliphatic heterocycles.